The average Bonchev–Trinajstić information content (AvgIpc) is 3.47. The van der Waals surface area contributed by atoms with Crippen molar-refractivity contribution in [1.29, 1.82) is 0 Å². The van der Waals surface area contributed by atoms with Gasteiger partial charge in [0.25, 0.3) is 11.8 Å². The van der Waals surface area contributed by atoms with Crippen LogP contribution in [0.3, 0.4) is 0 Å². The standard InChI is InChI=1S/C35H40F3N3O5S.CH4/c1-3-7-30-34(46-26-20-23(2)47-22-26,15-6-17-41(30)32(44)28-21-39-16-12-29(28)35(36,37)38)33(45)40-18-13-25(14-19-40)27-9-5-4-8-24(27)10-11-31(42)43;/h4-5,8-9,12,16,20-22,25,30H,3,6-7,10-11,13-15,17-19H2,1-2H3,(H,42,43);1H4/t30-,34+;/m1./s1. The first-order valence-electron chi connectivity index (χ1n) is 16.1. The number of hydrogen-bond acceptors (Lipinski definition) is 6. The molecule has 48 heavy (non-hydrogen) atoms. The molecule has 2 amide bonds. The predicted octanol–water partition coefficient (Wildman–Crippen LogP) is 7.75. The number of carbonyl (C=O) groups excluding carboxylic acids is 2. The summed E-state index contributed by atoms with van der Waals surface area (Å²) in [6.07, 6.45) is 0.618. The Labute approximate surface area is 283 Å². The Morgan fingerprint density at radius 3 is 2.50 bits per heavy atom. The average molecular weight is 688 g/mol. The van der Waals surface area contributed by atoms with Crippen molar-refractivity contribution in [2.45, 2.75) is 96.4 Å². The van der Waals surface area contributed by atoms with Gasteiger partial charge in [0.15, 0.2) is 0 Å². The van der Waals surface area contributed by atoms with E-state index in [0.717, 1.165) is 34.5 Å². The summed E-state index contributed by atoms with van der Waals surface area (Å²) in [5.41, 5.74) is -1.01. The van der Waals surface area contributed by atoms with Gasteiger partial charge in [0.05, 0.1) is 17.2 Å². The molecular weight excluding hydrogens is 643 g/mol. The van der Waals surface area contributed by atoms with Crippen molar-refractivity contribution in [2.75, 3.05) is 19.6 Å². The van der Waals surface area contributed by atoms with Gasteiger partial charge >= 0.3 is 12.1 Å². The highest BCUT2D eigenvalue weighted by Crippen LogP contribution is 2.41. The molecule has 2 aliphatic rings. The molecule has 0 radical (unpaired) electrons. The second kappa shape index (κ2) is 15.5. The maximum Gasteiger partial charge on any atom is 0.417 e. The lowest BCUT2D eigenvalue weighted by atomic mass is 9.78. The molecule has 2 aromatic heterocycles. The molecule has 0 unspecified atom stereocenters. The summed E-state index contributed by atoms with van der Waals surface area (Å²) in [6.45, 7) is 4.88. The zero-order chi connectivity index (χ0) is 33.8. The van der Waals surface area contributed by atoms with Gasteiger partial charge in [0.1, 0.15) is 5.75 Å². The van der Waals surface area contributed by atoms with E-state index in [1.165, 1.54) is 16.2 Å². The third kappa shape index (κ3) is 7.85. The maximum atomic E-state index is 14.8. The fourth-order valence-corrected chi connectivity index (χ4v) is 7.72. The molecule has 8 nitrogen and oxygen atoms in total. The van der Waals surface area contributed by atoms with Crippen molar-refractivity contribution in [2.24, 2.45) is 0 Å². The first-order chi connectivity index (χ1) is 22.4. The van der Waals surface area contributed by atoms with Gasteiger partial charge in [0, 0.05) is 55.1 Å². The van der Waals surface area contributed by atoms with Crippen LogP contribution in [0.4, 0.5) is 13.2 Å². The lowest BCUT2D eigenvalue weighted by Crippen LogP contribution is -2.68. The summed E-state index contributed by atoms with van der Waals surface area (Å²) in [5, 5.41) is 11.0. The molecule has 1 N–H and O–H groups in total. The molecule has 260 valence electrons. The lowest BCUT2D eigenvalue weighted by Gasteiger charge is -2.50. The molecule has 12 heteroatoms. The number of alkyl halides is 3. The number of rotatable bonds is 10. The van der Waals surface area contributed by atoms with Crippen LogP contribution in [0.15, 0.2) is 54.2 Å². The number of piperidine rings is 2. The Morgan fingerprint density at radius 2 is 1.85 bits per heavy atom. The van der Waals surface area contributed by atoms with E-state index in [9.17, 15) is 32.7 Å². The second-order valence-electron chi connectivity index (χ2n) is 12.4. The molecule has 2 atom stereocenters. The summed E-state index contributed by atoms with van der Waals surface area (Å²) in [6, 6.07) is 9.66. The highest BCUT2D eigenvalue weighted by molar-refractivity contribution is 7.10. The van der Waals surface area contributed by atoms with E-state index in [1.54, 1.807) is 4.90 Å². The highest BCUT2D eigenvalue weighted by atomic mass is 32.1. The number of halogens is 3. The van der Waals surface area contributed by atoms with Gasteiger partial charge in [-0.1, -0.05) is 45.0 Å². The number of carbonyl (C=O) groups is 3. The van der Waals surface area contributed by atoms with E-state index < -0.39 is 40.8 Å². The van der Waals surface area contributed by atoms with Crippen molar-refractivity contribution in [1.82, 2.24) is 14.8 Å². The van der Waals surface area contributed by atoms with Crippen molar-refractivity contribution >= 4 is 29.1 Å². The number of aryl methyl sites for hydroxylation is 2. The summed E-state index contributed by atoms with van der Waals surface area (Å²) in [5.74, 6) is -1.30. The topological polar surface area (TPSA) is 100 Å². The maximum absolute atomic E-state index is 14.8. The molecule has 2 saturated heterocycles. The number of pyridine rings is 1. The van der Waals surface area contributed by atoms with E-state index in [0.29, 0.717) is 63.8 Å². The monoisotopic (exact) mass is 687 g/mol. The van der Waals surface area contributed by atoms with Crippen LogP contribution in [0.2, 0.25) is 0 Å². The number of nitrogens with zero attached hydrogens (tertiary/aromatic N) is 3. The highest BCUT2D eigenvalue weighted by Gasteiger charge is 2.56. The Hall–Kier alpha value is -3.93. The normalized spacial score (nSPS) is 20.2. The van der Waals surface area contributed by atoms with Gasteiger partial charge in [-0.3, -0.25) is 19.4 Å². The van der Waals surface area contributed by atoms with Crippen LogP contribution in [0.5, 0.6) is 5.75 Å². The summed E-state index contributed by atoms with van der Waals surface area (Å²) < 4.78 is 48.6. The molecule has 0 saturated carbocycles. The van der Waals surface area contributed by atoms with Crippen LogP contribution in [0, 0.1) is 6.92 Å². The number of benzene rings is 1. The third-order valence-corrected chi connectivity index (χ3v) is 10.1. The van der Waals surface area contributed by atoms with Crippen LogP contribution >= 0.6 is 11.3 Å². The zero-order valence-corrected chi connectivity index (χ0v) is 27.4. The number of amides is 2. The Kier molecular flexibility index (Phi) is 11.9. The van der Waals surface area contributed by atoms with Gasteiger partial charge in [-0.25, -0.2) is 0 Å². The smallest absolute Gasteiger partial charge is 0.417 e. The number of carboxylic acid groups (broad SMARTS) is 1. The Morgan fingerprint density at radius 1 is 1.12 bits per heavy atom. The number of aromatic nitrogens is 1. The van der Waals surface area contributed by atoms with Gasteiger partial charge in [-0.05, 0) is 68.2 Å². The molecule has 1 aromatic carbocycles. The van der Waals surface area contributed by atoms with Gasteiger partial charge < -0.3 is 19.6 Å². The minimum absolute atomic E-state index is 0. The van der Waals surface area contributed by atoms with E-state index >= 15 is 0 Å². The van der Waals surface area contributed by atoms with Crippen LogP contribution in [-0.4, -0.2) is 69.0 Å². The first-order valence-corrected chi connectivity index (χ1v) is 17.0. The second-order valence-corrected chi connectivity index (χ2v) is 13.5. The van der Waals surface area contributed by atoms with Gasteiger partial charge in [0.2, 0.25) is 5.60 Å². The number of aliphatic carboxylic acids is 1. The molecular formula is C36H44F3N3O5S. The third-order valence-electron chi connectivity index (χ3n) is 9.30. The number of hydrogen-bond donors (Lipinski definition) is 1. The summed E-state index contributed by atoms with van der Waals surface area (Å²) in [4.78, 5) is 48.0. The van der Waals surface area contributed by atoms with Crippen molar-refractivity contribution in [3.8, 4) is 5.75 Å². The number of thiophene rings is 1. The fraction of sp³-hybridized carbons (Fsp3) is 0.500. The summed E-state index contributed by atoms with van der Waals surface area (Å²) in [7, 11) is 0. The fourth-order valence-electron chi connectivity index (χ4n) is 7.12. The number of likely N-dealkylation sites (tertiary alicyclic amines) is 2. The zero-order valence-electron chi connectivity index (χ0n) is 26.6. The molecule has 3 aromatic rings. The number of carboxylic acids is 1. The van der Waals surface area contributed by atoms with Crippen molar-refractivity contribution in [3.63, 3.8) is 0 Å². The van der Waals surface area contributed by atoms with Crippen molar-refractivity contribution in [3.05, 3.63) is 81.3 Å². The van der Waals surface area contributed by atoms with Crippen LogP contribution in [0.25, 0.3) is 0 Å². The largest absolute Gasteiger partial charge is 0.481 e. The first kappa shape index (κ1) is 36.9. The van der Waals surface area contributed by atoms with Crippen LogP contribution < -0.4 is 4.74 Å². The number of ether oxygens (including phenoxy) is 1. The van der Waals surface area contributed by atoms with Gasteiger partial charge in [-0.2, -0.15) is 13.2 Å². The molecule has 0 aliphatic carbocycles. The minimum atomic E-state index is -4.75. The summed E-state index contributed by atoms with van der Waals surface area (Å²) >= 11 is 1.47. The van der Waals surface area contributed by atoms with E-state index in [-0.39, 0.29) is 32.2 Å². The van der Waals surface area contributed by atoms with E-state index in [1.807, 2.05) is 49.6 Å². The SMILES string of the molecule is C.CCC[C@H]1N(C(=O)c2cnccc2C(F)(F)F)CCC[C@@]1(Oc1csc(C)c1)C(=O)N1CCC(c2ccccc2CCC(=O)O)CC1. The molecule has 0 bridgehead atoms. The predicted molar refractivity (Wildman–Crippen MR) is 178 cm³/mol. The Bertz CT molecular complexity index is 1590. The molecule has 4 heterocycles. The van der Waals surface area contributed by atoms with Crippen LogP contribution in [0.1, 0.15) is 97.1 Å². The lowest BCUT2D eigenvalue weighted by molar-refractivity contribution is -0.160. The van der Waals surface area contributed by atoms with Gasteiger partial charge in [-0.15, -0.1) is 11.3 Å². The van der Waals surface area contributed by atoms with E-state index in [4.69, 9.17) is 4.74 Å². The van der Waals surface area contributed by atoms with Crippen molar-refractivity contribution < 1.29 is 37.4 Å². The molecule has 2 aliphatic heterocycles. The quantitative estimate of drug-likeness (QED) is 0.234. The molecule has 5 rings (SSSR count). The minimum Gasteiger partial charge on any atom is -0.481 e. The van der Waals surface area contributed by atoms with Crippen LogP contribution in [-0.2, 0) is 22.2 Å². The molecule has 0 spiro atoms. The Balaban J connectivity index is 0.00000520. The molecule has 2 fully saturated rings. The van der Waals surface area contributed by atoms with E-state index in [2.05, 4.69) is 4.98 Å².